The van der Waals surface area contributed by atoms with E-state index in [1.165, 1.54) is 0 Å². The lowest BCUT2D eigenvalue weighted by molar-refractivity contribution is 0.102. The van der Waals surface area contributed by atoms with Gasteiger partial charge in [0.2, 0.25) is 5.95 Å². The number of pyridine rings is 1. The number of carbonyl (C=O) groups is 1. The van der Waals surface area contributed by atoms with Crippen molar-refractivity contribution in [2.75, 3.05) is 29.6 Å². The van der Waals surface area contributed by atoms with Crippen molar-refractivity contribution in [1.82, 2.24) is 15.0 Å². The number of nitrogens with zero attached hydrogens (tertiary/aromatic N) is 4. The molecule has 0 bridgehead atoms. The topological polar surface area (TPSA) is 83.0 Å². The highest BCUT2D eigenvalue weighted by atomic mass is 16.1. The molecule has 0 aliphatic carbocycles. The average molecular weight is 425 g/mol. The number of hydrogen-bond acceptors (Lipinski definition) is 6. The van der Waals surface area contributed by atoms with E-state index in [2.05, 4.69) is 25.6 Å². The van der Waals surface area contributed by atoms with Crippen LogP contribution in [0.25, 0.3) is 11.3 Å². The number of aromatic nitrogens is 3. The summed E-state index contributed by atoms with van der Waals surface area (Å²) in [6.45, 7) is 1.99. The second kappa shape index (κ2) is 9.26. The van der Waals surface area contributed by atoms with E-state index in [9.17, 15) is 4.79 Å². The van der Waals surface area contributed by atoms with Gasteiger partial charge >= 0.3 is 0 Å². The molecule has 0 saturated carbocycles. The Morgan fingerprint density at radius 2 is 1.84 bits per heavy atom. The predicted octanol–water partition coefficient (Wildman–Crippen LogP) is 4.91. The fraction of sp³-hybridized carbons (Fsp3) is 0.120. The maximum atomic E-state index is 12.8. The third-order valence-electron chi connectivity index (χ3n) is 4.98. The number of anilines is 4. The van der Waals surface area contributed by atoms with Crippen molar-refractivity contribution >= 4 is 28.9 Å². The largest absolute Gasteiger partial charge is 0.378 e. The molecule has 7 nitrogen and oxygen atoms in total. The molecule has 160 valence electrons. The van der Waals surface area contributed by atoms with Gasteiger partial charge < -0.3 is 15.5 Å². The van der Waals surface area contributed by atoms with Crippen LogP contribution in [0.3, 0.4) is 0 Å². The Labute approximate surface area is 187 Å². The van der Waals surface area contributed by atoms with Crippen LogP contribution < -0.4 is 15.5 Å². The van der Waals surface area contributed by atoms with Crippen LogP contribution in [0.4, 0.5) is 23.0 Å². The Kier molecular flexibility index (Phi) is 6.07. The highest BCUT2D eigenvalue weighted by Crippen LogP contribution is 2.25. The van der Waals surface area contributed by atoms with Gasteiger partial charge in [0.1, 0.15) is 0 Å². The van der Waals surface area contributed by atoms with Crippen LogP contribution in [0.1, 0.15) is 15.9 Å². The molecule has 2 N–H and O–H groups in total. The van der Waals surface area contributed by atoms with Gasteiger partial charge in [0.15, 0.2) is 0 Å². The third kappa shape index (κ3) is 4.89. The number of benzene rings is 2. The first-order valence-electron chi connectivity index (χ1n) is 10.2. The average Bonchev–Trinajstić information content (AvgIpc) is 2.82. The number of aryl methyl sites for hydroxylation is 1. The van der Waals surface area contributed by atoms with Gasteiger partial charge in [0.25, 0.3) is 5.91 Å². The molecule has 0 unspecified atom stereocenters. The summed E-state index contributed by atoms with van der Waals surface area (Å²) in [5, 5.41) is 6.23. The number of hydrogen-bond donors (Lipinski definition) is 2. The summed E-state index contributed by atoms with van der Waals surface area (Å²) in [5.74, 6) is 0.301. The molecule has 0 spiro atoms. The Balaban J connectivity index is 1.53. The molecule has 0 fully saturated rings. The molecule has 4 aromatic rings. The van der Waals surface area contributed by atoms with E-state index < -0.39 is 0 Å². The zero-order valence-electron chi connectivity index (χ0n) is 18.2. The molecule has 2 heterocycles. The monoisotopic (exact) mass is 424 g/mol. The Bertz CT molecular complexity index is 1240. The maximum Gasteiger partial charge on any atom is 0.255 e. The molecular weight excluding hydrogens is 400 g/mol. The van der Waals surface area contributed by atoms with Crippen LogP contribution >= 0.6 is 0 Å². The van der Waals surface area contributed by atoms with E-state index in [-0.39, 0.29) is 5.91 Å². The van der Waals surface area contributed by atoms with Gasteiger partial charge in [-0.1, -0.05) is 12.1 Å². The lowest BCUT2D eigenvalue weighted by atomic mass is 10.1. The van der Waals surface area contributed by atoms with E-state index in [1.807, 2.05) is 80.5 Å². The van der Waals surface area contributed by atoms with Crippen LogP contribution in [0.5, 0.6) is 0 Å². The molecule has 2 aromatic carbocycles. The highest BCUT2D eigenvalue weighted by Gasteiger charge is 2.10. The first-order valence-corrected chi connectivity index (χ1v) is 10.2. The lowest BCUT2D eigenvalue weighted by Crippen LogP contribution is -2.14. The van der Waals surface area contributed by atoms with Gasteiger partial charge in [-0.2, -0.15) is 0 Å². The molecule has 0 aliphatic heterocycles. The molecule has 1 amide bonds. The summed E-state index contributed by atoms with van der Waals surface area (Å²) in [7, 11) is 3.89. The van der Waals surface area contributed by atoms with Gasteiger partial charge in [0, 0.05) is 60.9 Å². The smallest absolute Gasteiger partial charge is 0.255 e. The van der Waals surface area contributed by atoms with Crippen molar-refractivity contribution in [1.29, 1.82) is 0 Å². The minimum Gasteiger partial charge on any atom is -0.378 e. The second-order valence-corrected chi connectivity index (χ2v) is 7.56. The standard InChI is InChI=1S/C25H24N6O/c1-17-9-10-20(28-24(32)18-6-4-8-21(14-18)31(2)3)15-23(17)30-25-27-13-11-22(29-25)19-7-5-12-26-16-19/h4-16H,1-3H3,(H,28,32)(H,27,29,30). The van der Waals surface area contributed by atoms with Crippen molar-refractivity contribution in [3.05, 3.63) is 90.4 Å². The third-order valence-corrected chi connectivity index (χ3v) is 4.98. The normalized spacial score (nSPS) is 10.5. The maximum absolute atomic E-state index is 12.8. The fourth-order valence-electron chi connectivity index (χ4n) is 3.18. The summed E-state index contributed by atoms with van der Waals surface area (Å²) in [6, 6.07) is 18.9. The van der Waals surface area contributed by atoms with E-state index in [1.54, 1.807) is 24.7 Å². The minimum absolute atomic E-state index is 0.168. The Morgan fingerprint density at radius 3 is 2.62 bits per heavy atom. The zero-order chi connectivity index (χ0) is 22.5. The summed E-state index contributed by atoms with van der Waals surface area (Å²) in [5.41, 5.74) is 5.76. The van der Waals surface area contributed by atoms with E-state index in [4.69, 9.17) is 0 Å². The molecule has 0 saturated heterocycles. The van der Waals surface area contributed by atoms with E-state index in [0.29, 0.717) is 17.2 Å². The number of rotatable bonds is 6. The second-order valence-electron chi connectivity index (χ2n) is 7.56. The van der Waals surface area contributed by atoms with Gasteiger partial charge in [-0.25, -0.2) is 9.97 Å². The van der Waals surface area contributed by atoms with Crippen molar-refractivity contribution in [3.63, 3.8) is 0 Å². The zero-order valence-corrected chi connectivity index (χ0v) is 18.2. The lowest BCUT2D eigenvalue weighted by Gasteiger charge is -2.14. The van der Waals surface area contributed by atoms with Gasteiger partial charge in [-0.15, -0.1) is 0 Å². The quantitative estimate of drug-likeness (QED) is 0.458. The van der Waals surface area contributed by atoms with Crippen molar-refractivity contribution in [2.24, 2.45) is 0 Å². The van der Waals surface area contributed by atoms with E-state index >= 15 is 0 Å². The number of carbonyl (C=O) groups excluding carboxylic acids is 1. The Morgan fingerprint density at radius 1 is 0.969 bits per heavy atom. The van der Waals surface area contributed by atoms with Crippen LogP contribution in [0, 0.1) is 6.92 Å². The predicted molar refractivity (Wildman–Crippen MR) is 128 cm³/mol. The first kappa shape index (κ1) is 21.0. The summed E-state index contributed by atoms with van der Waals surface area (Å²) in [6.07, 6.45) is 5.19. The van der Waals surface area contributed by atoms with Crippen LogP contribution in [-0.2, 0) is 0 Å². The molecule has 0 atom stereocenters. The van der Waals surface area contributed by atoms with Crippen molar-refractivity contribution < 1.29 is 4.79 Å². The van der Waals surface area contributed by atoms with E-state index in [0.717, 1.165) is 28.2 Å². The summed E-state index contributed by atoms with van der Waals surface area (Å²) < 4.78 is 0. The molecule has 4 rings (SSSR count). The summed E-state index contributed by atoms with van der Waals surface area (Å²) >= 11 is 0. The number of nitrogens with one attached hydrogen (secondary N) is 2. The summed E-state index contributed by atoms with van der Waals surface area (Å²) in [4.78, 5) is 27.8. The van der Waals surface area contributed by atoms with Gasteiger partial charge in [-0.3, -0.25) is 9.78 Å². The van der Waals surface area contributed by atoms with Crippen LogP contribution in [0.15, 0.2) is 79.3 Å². The van der Waals surface area contributed by atoms with Gasteiger partial charge in [0.05, 0.1) is 5.69 Å². The van der Waals surface area contributed by atoms with Gasteiger partial charge in [-0.05, 0) is 61.0 Å². The molecule has 32 heavy (non-hydrogen) atoms. The number of amides is 1. The fourth-order valence-corrected chi connectivity index (χ4v) is 3.18. The van der Waals surface area contributed by atoms with Crippen LogP contribution in [0.2, 0.25) is 0 Å². The Hall–Kier alpha value is -4.26. The molecule has 0 aliphatic rings. The molecular formula is C25H24N6O. The van der Waals surface area contributed by atoms with Crippen molar-refractivity contribution in [2.45, 2.75) is 6.92 Å². The van der Waals surface area contributed by atoms with Crippen molar-refractivity contribution in [3.8, 4) is 11.3 Å². The molecule has 2 aromatic heterocycles. The first-order chi connectivity index (χ1) is 15.5. The minimum atomic E-state index is -0.168. The molecule has 0 radical (unpaired) electrons. The SMILES string of the molecule is Cc1ccc(NC(=O)c2cccc(N(C)C)c2)cc1Nc1nccc(-c2cccnc2)n1. The highest BCUT2D eigenvalue weighted by molar-refractivity contribution is 6.05. The molecule has 7 heteroatoms. The van der Waals surface area contributed by atoms with Crippen LogP contribution in [-0.4, -0.2) is 35.0 Å².